The van der Waals surface area contributed by atoms with E-state index in [0.717, 1.165) is 25.6 Å². The van der Waals surface area contributed by atoms with Crippen LogP contribution in [-0.4, -0.2) is 75.3 Å². The number of nitrogens with one attached hydrogen (secondary N) is 2. The van der Waals surface area contributed by atoms with Gasteiger partial charge in [0.05, 0.1) is 11.5 Å². The smallest absolute Gasteiger partial charge is 0.191 e. The summed E-state index contributed by atoms with van der Waals surface area (Å²) in [5.74, 6) is 1.37. The Morgan fingerprint density at radius 1 is 1.19 bits per heavy atom. The van der Waals surface area contributed by atoms with E-state index in [4.69, 9.17) is 0 Å². The van der Waals surface area contributed by atoms with E-state index < -0.39 is 9.84 Å². The maximum atomic E-state index is 11.5. The van der Waals surface area contributed by atoms with Gasteiger partial charge >= 0.3 is 0 Å². The minimum absolute atomic E-state index is 0.277. The Kier molecular flexibility index (Phi) is 6.47. The lowest BCUT2D eigenvalue weighted by molar-refractivity contribution is 0.299. The summed E-state index contributed by atoms with van der Waals surface area (Å²) in [5.41, 5.74) is 0. The maximum absolute atomic E-state index is 11.5. The number of guanidine groups is 1. The van der Waals surface area contributed by atoms with Crippen molar-refractivity contribution in [1.29, 1.82) is 0 Å². The fourth-order valence-corrected chi connectivity index (χ4v) is 5.49. The molecule has 0 amide bonds. The fourth-order valence-electron chi connectivity index (χ4n) is 2.96. The Bertz CT molecular complexity index is 704. The minimum Gasteiger partial charge on any atom is -0.355 e. The first-order valence-electron chi connectivity index (χ1n) is 9.12. The number of rotatable bonds is 7. The molecule has 1 saturated carbocycles. The van der Waals surface area contributed by atoms with Crippen LogP contribution in [0.15, 0.2) is 40.2 Å². The molecular formula is C18H28N4O2S2. The van der Waals surface area contributed by atoms with Gasteiger partial charge in [0.2, 0.25) is 0 Å². The molecule has 2 fully saturated rings. The third kappa shape index (κ3) is 5.89. The van der Waals surface area contributed by atoms with Gasteiger partial charge in [0.25, 0.3) is 0 Å². The summed E-state index contributed by atoms with van der Waals surface area (Å²) < 4.78 is 23.2. The highest BCUT2D eigenvalue weighted by molar-refractivity contribution is 8.01. The third-order valence-electron chi connectivity index (χ3n) is 4.84. The molecule has 2 aliphatic rings. The van der Waals surface area contributed by atoms with Crippen LogP contribution in [-0.2, 0) is 9.84 Å². The highest BCUT2D eigenvalue weighted by Crippen LogP contribution is 2.51. The standard InChI is InChI=1S/C18H28N4O2S2/c1-19-17(20-9-10-22-11-13-26(23,24)14-12-22)21-15-18(7-8-18)25-16-5-3-2-4-6-16/h2-6H,7-15H2,1H3,(H2,19,20,21). The van der Waals surface area contributed by atoms with Gasteiger partial charge in [-0.3, -0.25) is 9.89 Å². The van der Waals surface area contributed by atoms with Gasteiger partial charge in [0, 0.05) is 49.4 Å². The summed E-state index contributed by atoms with van der Waals surface area (Å²) >= 11 is 1.95. The third-order valence-corrected chi connectivity index (χ3v) is 7.95. The van der Waals surface area contributed by atoms with Crippen LogP contribution in [0.5, 0.6) is 0 Å². The van der Waals surface area contributed by atoms with Gasteiger partial charge in [-0.1, -0.05) is 18.2 Å². The fraction of sp³-hybridized carbons (Fsp3) is 0.611. The average Bonchev–Trinajstić information content (AvgIpc) is 3.40. The molecule has 1 aromatic carbocycles. The molecule has 26 heavy (non-hydrogen) atoms. The van der Waals surface area contributed by atoms with E-state index in [1.165, 1.54) is 17.7 Å². The molecule has 6 nitrogen and oxygen atoms in total. The van der Waals surface area contributed by atoms with E-state index in [0.29, 0.717) is 13.1 Å². The molecule has 0 aromatic heterocycles. The lowest BCUT2D eigenvalue weighted by Crippen LogP contribution is -2.46. The number of thioether (sulfide) groups is 1. The molecule has 0 atom stereocenters. The Labute approximate surface area is 160 Å². The molecule has 1 saturated heterocycles. The first kappa shape index (κ1) is 19.5. The quantitative estimate of drug-likeness (QED) is 0.533. The van der Waals surface area contributed by atoms with Gasteiger partial charge in [-0.2, -0.15) is 0 Å². The molecular weight excluding hydrogens is 368 g/mol. The topological polar surface area (TPSA) is 73.8 Å². The van der Waals surface area contributed by atoms with Crippen LogP contribution in [0.4, 0.5) is 0 Å². The van der Waals surface area contributed by atoms with Gasteiger partial charge in [0.1, 0.15) is 0 Å². The van der Waals surface area contributed by atoms with E-state index in [2.05, 4.69) is 44.8 Å². The normalized spacial score (nSPS) is 22.0. The zero-order valence-corrected chi connectivity index (χ0v) is 16.9. The zero-order valence-electron chi connectivity index (χ0n) is 15.3. The molecule has 1 heterocycles. The van der Waals surface area contributed by atoms with E-state index in [1.54, 1.807) is 7.05 Å². The van der Waals surface area contributed by atoms with Crippen LogP contribution in [0.3, 0.4) is 0 Å². The summed E-state index contributed by atoms with van der Waals surface area (Å²) in [5, 5.41) is 6.79. The Balaban J connectivity index is 1.37. The Morgan fingerprint density at radius 2 is 1.88 bits per heavy atom. The predicted octanol–water partition coefficient (Wildman–Crippen LogP) is 1.21. The van der Waals surface area contributed by atoms with Crippen molar-refractivity contribution in [3.05, 3.63) is 30.3 Å². The Hall–Kier alpha value is -1.25. The van der Waals surface area contributed by atoms with Gasteiger partial charge in [-0.25, -0.2) is 8.42 Å². The molecule has 0 spiro atoms. The second-order valence-electron chi connectivity index (χ2n) is 6.94. The molecule has 144 valence electrons. The number of nitrogens with zero attached hydrogens (tertiary/aromatic N) is 2. The summed E-state index contributed by atoms with van der Waals surface area (Å²) in [7, 11) is -1.02. The van der Waals surface area contributed by atoms with E-state index in [-0.39, 0.29) is 16.3 Å². The van der Waals surface area contributed by atoms with Crippen molar-refractivity contribution in [2.75, 3.05) is 51.3 Å². The molecule has 2 N–H and O–H groups in total. The maximum Gasteiger partial charge on any atom is 0.191 e. The van der Waals surface area contributed by atoms with Crippen molar-refractivity contribution in [1.82, 2.24) is 15.5 Å². The lowest BCUT2D eigenvalue weighted by Gasteiger charge is -2.26. The highest BCUT2D eigenvalue weighted by atomic mass is 32.2. The minimum atomic E-state index is -2.81. The lowest BCUT2D eigenvalue weighted by atomic mass is 10.4. The number of sulfone groups is 1. The van der Waals surface area contributed by atoms with Crippen molar-refractivity contribution in [3.8, 4) is 0 Å². The summed E-state index contributed by atoms with van der Waals surface area (Å²) in [6.45, 7) is 3.76. The van der Waals surface area contributed by atoms with Crippen LogP contribution >= 0.6 is 11.8 Å². The van der Waals surface area contributed by atoms with Gasteiger partial charge in [0.15, 0.2) is 15.8 Å². The highest BCUT2D eigenvalue weighted by Gasteiger charge is 2.43. The zero-order chi connectivity index (χ0) is 18.5. The van der Waals surface area contributed by atoms with Crippen molar-refractivity contribution < 1.29 is 8.42 Å². The van der Waals surface area contributed by atoms with Gasteiger partial charge < -0.3 is 10.6 Å². The van der Waals surface area contributed by atoms with Crippen LogP contribution in [0.1, 0.15) is 12.8 Å². The molecule has 0 bridgehead atoms. The van der Waals surface area contributed by atoms with Crippen LogP contribution in [0.2, 0.25) is 0 Å². The predicted molar refractivity (Wildman–Crippen MR) is 109 cm³/mol. The summed E-state index contributed by atoms with van der Waals surface area (Å²) in [6, 6.07) is 10.5. The second-order valence-corrected chi connectivity index (χ2v) is 10.8. The van der Waals surface area contributed by atoms with Gasteiger partial charge in [-0.05, 0) is 25.0 Å². The number of benzene rings is 1. The van der Waals surface area contributed by atoms with Crippen LogP contribution in [0, 0.1) is 0 Å². The van der Waals surface area contributed by atoms with E-state index in [9.17, 15) is 8.42 Å². The van der Waals surface area contributed by atoms with Crippen LogP contribution < -0.4 is 10.6 Å². The number of aliphatic imine (C=N–C) groups is 1. The van der Waals surface area contributed by atoms with Crippen molar-refractivity contribution in [2.45, 2.75) is 22.5 Å². The van der Waals surface area contributed by atoms with Crippen molar-refractivity contribution in [2.24, 2.45) is 4.99 Å². The average molecular weight is 397 g/mol. The number of hydrogen-bond acceptors (Lipinski definition) is 5. The van der Waals surface area contributed by atoms with Crippen molar-refractivity contribution >= 4 is 27.6 Å². The first-order valence-corrected chi connectivity index (χ1v) is 11.8. The van der Waals surface area contributed by atoms with E-state index >= 15 is 0 Å². The van der Waals surface area contributed by atoms with Crippen LogP contribution in [0.25, 0.3) is 0 Å². The largest absolute Gasteiger partial charge is 0.355 e. The molecule has 1 aliphatic heterocycles. The summed E-state index contributed by atoms with van der Waals surface area (Å²) in [6.07, 6.45) is 2.44. The van der Waals surface area contributed by atoms with E-state index in [1.807, 2.05) is 17.8 Å². The monoisotopic (exact) mass is 396 g/mol. The first-order chi connectivity index (χ1) is 12.5. The molecule has 1 aromatic rings. The second kappa shape index (κ2) is 8.63. The van der Waals surface area contributed by atoms with Gasteiger partial charge in [-0.15, -0.1) is 11.8 Å². The summed E-state index contributed by atoms with van der Waals surface area (Å²) in [4.78, 5) is 7.81. The molecule has 1 aliphatic carbocycles. The number of hydrogen-bond donors (Lipinski definition) is 2. The van der Waals surface area contributed by atoms with Crippen molar-refractivity contribution in [3.63, 3.8) is 0 Å². The Morgan fingerprint density at radius 3 is 2.50 bits per heavy atom. The molecule has 8 heteroatoms. The molecule has 3 rings (SSSR count). The SMILES string of the molecule is CN=C(NCCN1CCS(=O)(=O)CC1)NCC1(Sc2ccccc2)CC1. The molecule has 0 unspecified atom stereocenters. The molecule has 0 radical (unpaired) electrons.